The molecule has 0 saturated carbocycles. The minimum absolute atomic E-state index is 0.168. The van der Waals surface area contributed by atoms with Crippen LogP contribution in [-0.2, 0) is 16.1 Å². The second-order valence-corrected chi connectivity index (χ2v) is 6.91. The number of carbonyl (C=O) groups excluding carboxylic acids is 2. The van der Waals surface area contributed by atoms with Crippen LogP contribution in [0.15, 0.2) is 59.3 Å². The van der Waals surface area contributed by atoms with E-state index in [2.05, 4.69) is 15.4 Å². The summed E-state index contributed by atoms with van der Waals surface area (Å²) in [5.74, 6) is 0.134. The van der Waals surface area contributed by atoms with E-state index in [-0.39, 0.29) is 12.1 Å². The maximum atomic E-state index is 12.4. The molecule has 4 rings (SSSR count). The van der Waals surface area contributed by atoms with E-state index >= 15 is 0 Å². The molecule has 1 N–H and O–H groups in total. The number of benzene rings is 1. The van der Waals surface area contributed by atoms with Gasteiger partial charge in [0.2, 0.25) is 0 Å². The number of fused-ring (bicyclic) bond motifs is 1. The molecule has 0 radical (unpaired) electrons. The number of carbonyl (C=O) groups is 2. The van der Waals surface area contributed by atoms with Crippen LogP contribution in [0.1, 0.15) is 21.8 Å². The molecule has 0 atom stereocenters. The Labute approximate surface area is 176 Å². The topological polar surface area (TPSA) is 98.7 Å². The van der Waals surface area contributed by atoms with Gasteiger partial charge in [-0.3, -0.25) is 4.79 Å². The zero-order valence-electron chi connectivity index (χ0n) is 16.0. The molecule has 0 saturated heterocycles. The SMILES string of the molecule is Cc1nn2cccnc2c1C(=O)OCC(=O)NCc1ccc(-c2ccc(Cl)cc2)o1. The lowest BCUT2D eigenvalue weighted by molar-refractivity contribution is -0.124. The van der Waals surface area contributed by atoms with E-state index in [0.29, 0.717) is 27.9 Å². The van der Waals surface area contributed by atoms with E-state index in [1.54, 1.807) is 43.6 Å². The highest BCUT2D eigenvalue weighted by Gasteiger charge is 2.20. The van der Waals surface area contributed by atoms with Gasteiger partial charge in [0.15, 0.2) is 12.3 Å². The van der Waals surface area contributed by atoms with Crippen molar-refractivity contribution in [3.05, 3.63) is 76.9 Å². The molecule has 0 aliphatic heterocycles. The van der Waals surface area contributed by atoms with Gasteiger partial charge in [-0.25, -0.2) is 14.3 Å². The van der Waals surface area contributed by atoms with Gasteiger partial charge in [0.05, 0.1) is 12.2 Å². The van der Waals surface area contributed by atoms with Crippen LogP contribution in [0.3, 0.4) is 0 Å². The number of ether oxygens (including phenoxy) is 1. The van der Waals surface area contributed by atoms with Crippen molar-refractivity contribution in [1.82, 2.24) is 19.9 Å². The summed E-state index contributed by atoms with van der Waals surface area (Å²) in [5.41, 5.74) is 1.97. The summed E-state index contributed by atoms with van der Waals surface area (Å²) in [6.45, 7) is 1.43. The van der Waals surface area contributed by atoms with Gasteiger partial charge in [-0.2, -0.15) is 5.10 Å². The molecule has 8 nitrogen and oxygen atoms in total. The number of rotatable bonds is 6. The van der Waals surface area contributed by atoms with Crippen LogP contribution in [0.25, 0.3) is 17.0 Å². The first kappa shape index (κ1) is 19.7. The Morgan fingerprint density at radius 3 is 2.80 bits per heavy atom. The molecule has 152 valence electrons. The van der Waals surface area contributed by atoms with Crippen molar-refractivity contribution >= 4 is 29.1 Å². The molecule has 1 amide bonds. The van der Waals surface area contributed by atoms with Crippen LogP contribution in [0, 0.1) is 6.92 Å². The summed E-state index contributed by atoms with van der Waals surface area (Å²) in [4.78, 5) is 28.6. The summed E-state index contributed by atoms with van der Waals surface area (Å²) in [7, 11) is 0. The zero-order valence-corrected chi connectivity index (χ0v) is 16.7. The van der Waals surface area contributed by atoms with Crippen molar-refractivity contribution in [3.63, 3.8) is 0 Å². The molecule has 3 heterocycles. The predicted octanol–water partition coefficient (Wildman–Crippen LogP) is 3.42. The van der Waals surface area contributed by atoms with Crippen molar-refractivity contribution in [3.8, 4) is 11.3 Å². The fourth-order valence-electron chi connectivity index (χ4n) is 2.92. The average molecular weight is 425 g/mol. The maximum Gasteiger partial charge on any atom is 0.344 e. The fraction of sp³-hybridized carbons (Fsp3) is 0.143. The molecule has 3 aromatic heterocycles. The molecule has 0 unspecified atom stereocenters. The van der Waals surface area contributed by atoms with E-state index in [1.165, 1.54) is 4.52 Å². The summed E-state index contributed by atoms with van der Waals surface area (Å²) < 4.78 is 12.3. The maximum absolute atomic E-state index is 12.4. The van der Waals surface area contributed by atoms with E-state index in [1.807, 2.05) is 18.2 Å². The number of amides is 1. The van der Waals surface area contributed by atoms with Gasteiger partial charge in [-0.1, -0.05) is 11.6 Å². The number of aromatic nitrogens is 3. The van der Waals surface area contributed by atoms with E-state index in [0.717, 1.165) is 5.56 Å². The van der Waals surface area contributed by atoms with Gasteiger partial charge >= 0.3 is 5.97 Å². The summed E-state index contributed by atoms with van der Waals surface area (Å²) in [6.07, 6.45) is 3.24. The third-order valence-corrected chi connectivity index (χ3v) is 4.61. The quantitative estimate of drug-likeness (QED) is 0.476. The van der Waals surface area contributed by atoms with E-state index in [4.69, 9.17) is 20.8 Å². The largest absolute Gasteiger partial charge is 0.459 e. The number of furan rings is 1. The van der Waals surface area contributed by atoms with Crippen molar-refractivity contribution in [2.24, 2.45) is 0 Å². The average Bonchev–Trinajstić information content (AvgIpc) is 3.34. The van der Waals surface area contributed by atoms with Gasteiger partial charge in [0.25, 0.3) is 5.91 Å². The summed E-state index contributed by atoms with van der Waals surface area (Å²) in [6, 6.07) is 12.5. The summed E-state index contributed by atoms with van der Waals surface area (Å²) >= 11 is 5.89. The Hall–Kier alpha value is -3.65. The summed E-state index contributed by atoms with van der Waals surface area (Å²) in [5, 5.41) is 7.50. The highest BCUT2D eigenvalue weighted by atomic mass is 35.5. The first-order chi connectivity index (χ1) is 14.5. The highest BCUT2D eigenvalue weighted by Crippen LogP contribution is 2.23. The highest BCUT2D eigenvalue weighted by molar-refractivity contribution is 6.30. The molecule has 0 spiro atoms. The first-order valence-corrected chi connectivity index (χ1v) is 9.47. The first-order valence-electron chi connectivity index (χ1n) is 9.09. The molecular weight excluding hydrogens is 408 g/mol. The van der Waals surface area contributed by atoms with Crippen LogP contribution in [-0.4, -0.2) is 33.1 Å². The molecule has 0 aliphatic carbocycles. The molecular formula is C21H17ClN4O4. The number of hydrogen-bond donors (Lipinski definition) is 1. The number of nitrogens with zero attached hydrogens (tertiary/aromatic N) is 3. The van der Waals surface area contributed by atoms with Crippen LogP contribution >= 0.6 is 11.6 Å². The molecule has 9 heteroatoms. The van der Waals surface area contributed by atoms with Gasteiger partial charge in [0.1, 0.15) is 17.1 Å². The van der Waals surface area contributed by atoms with Crippen molar-refractivity contribution in [2.75, 3.05) is 6.61 Å². The fourth-order valence-corrected chi connectivity index (χ4v) is 3.04. The van der Waals surface area contributed by atoms with Gasteiger partial charge in [0, 0.05) is 23.0 Å². The minimum Gasteiger partial charge on any atom is -0.459 e. The number of esters is 1. The molecule has 1 aromatic carbocycles. The number of nitrogens with one attached hydrogen (secondary N) is 1. The van der Waals surface area contributed by atoms with E-state index < -0.39 is 18.5 Å². The minimum atomic E-state index is -0.653. The Morgan fingerprint density at radius 2 is 2.00 bits per heavy atom. The lowest BCUT2D eigenvalue weighted by atomic mass is 10.2. The smallest absolute Gasteiger partial charge is 0.344 e. The van der Waals surface area contributed by atoms with Crippen LogP contribution < -0.4 is 5.32 Å². The Morgan fingerprint density at radius 1 is 1.20 bits per heavy atom. The van der Waals surface area contributed by atoms with Gasteiger partial charge in [-0.15, -0.1) is 0 Å². The number of halogens is 1. The van der Waals surface area contributed by atoms with Crippen molar-refractivity contribution < 1.29 is 18.7 Å². The molecule has 0 aliphatic rings. The molecule has 4 aromatic rings. The zero-order chi connectivity index (χ0) is 21.1. The Kier molecular flexibility index (Phi) is 5.49. The third kappa shape index (κ3) is 4.18. The third-order valence-electron chi connectivity index (χ3n) is 4.36. The molecule has 0 bridgehead atoms. The number of hydrogen-bond acceptors (Lipinski definition) is 6. The van der Waals surface area contributed by atoms with Crippen molar-refractivity contribution in [1.29, 1.82) is 0 Å². The molecule has 0 fully saturated rings. The van der Waals surface area contributed by atoms with Crippen LogP contribution in [0.4, 0.5) is 0 Å². The van der Waals surface area contributed by atoms with Gasteiger partial charge < -0.3 is 14.5 Å². The Balaban J connectivity index is 1.31. The van der Waals surface area contributed by atoms with E-state index in [9.17, 15) is 9.59 Å². The molecule has 30 heavy (non-hydrogen) atoms. The lowest BCUT2D eigenvalue weighted by Gasteiger charge is -2.05. The van der Waals surface area contributed by atoms with Crippen LogP contribution in [0.5, 0.6) is 0 Å². The lowest BCUT2D eigenvalue weighted by Crippen LogP contribution is -2.28. The normalized spacial score (nSPS) is 10.9. The van der Waals surface area contributed by atoms with Crippen molar-refractivity contribution in [2.45, 2.75) is 13.5 Å². The van der Waals surface area contributed by atoms with Gasteiger partial charge in [-0.05, 0) is 49.4 Å². The number of aryl methyl sites for hydroxylation is 1. The monoisotopic (exact) mass is 424 g/mol. The second-order valence-electron chi connectivity index (χ2n) is 6.47. The standard InChI is InChI=1S/C21H17ClN4O4/c1-13-19(20-23-9-2-10-26(20)25-13)21(28)29-12-18(27)24-11-16-7-8-17(30-16)14-3-5-15(22)6-4-14/h2-10H,11-12H2,1H3,(H,24,27). The predicted molar refractivity (Wildman–Crippen MR) is 109 cm³/mol. The Bertz CT molecular complexity index is 1210. The van der Waals surface area contributed by atoms with Crippen LogP contribution in [0.2, 0.25) is 5.02 Å². The second kappa shape index (κ2) is 8.38.